The van der Waals surface area contributed by atoms with E-state index in [-0.39, 0.29) is 12.3 Å². The van der Waals surface area contributed by atoms with Crippen LogP contribution in [-0.4, -0.2) is 47.4 Å². The van der Waals surface area contributed by atoms with Crippen LogP contribution >= 0.6 is 0 Å². The molecule has 4 N–H and O–H groups in total. The molecule has 7 nitrogen and oxygen atoms in total. The number of aliphatic hydroxyl groups excluding tert-OH is 1. The summed E-state index contributed by atoms with van der Waals surface area (Å²) < 4.78 is 12.1. The third-order valence-corrected chi connectivity index (χ3v) is 5.60. The summed E-state index contributed by atoms with van der Waals surface area (Å²) in [5.74, 6) is -1.08. The Kier molecular flexibility index (Phi) is 7.14. The first-order chi connectivity index (χ1) is 13.3. The molecule has 0 bridgehead atoms. The van der Waals surface area contributed by atoms with Gasteiger partial charge in [0.2, 0.25) is 11.8 Å². The lowest BCUT2D eigenvalue weighted by atomic mass is 9.78. The molecule has 1 heterocycles. The van der Waals surface area contributed by atoms with Gasteiger partial charge in [0.1, 0.15) is 12.1 Å². The van der Waals surface area contributed by atoms with Gasteiger partial charge in [0.05, 0.1) is 11.2 Å². The van der Waals surface area contributed by atoms with E-state index in [1.807, 2.05) is 65.8 Å². The molecule has 0 radical (unpaired) electrons. The van der Waals surface area contributed by atoms with Crippen LogP contribution in [0.4, 0.5) is 0 Å². The molecule has 8 heteroatoms. The summed E-state index contributed by atoms with van der Waals surface area (Å²) >= 11 is 0. The standard InChI is InChI=1S/C21H33BN2O5/c1-13(2)11-17(25)19(27)24-16(18(23)26)12-14-7-9-15(10-8-14)22-28-20(3,4)21(5,6)29-22/h7-10,13,16-17,25H,11-12H2,1-6H3,(H2,23,26)(H,24,27)/t16-,17+/m0/s1. The summed E-state index contributed by atoms with van der Waals surface area (Å²) in [5.41, 5.74) is 6.30. The third-order valence-electron chi connectivity index (χ3n) is 5.60. The van der Waals surface area contributed by atoms with Gasteiger partial charge in [-0.1, -0.05) is 38.1 Å². The number of hydrogen-bond acceptors (Lipinski definition) is 5. The number of carbonyl (C=O) groups excluding carboxylic acids is 2. The van der Waals surface area contributed by atoms with Gasteiger partial charge in [0, 0.05) is 6.42 Å². The van der Waals surface area contributed by atoms with Gasteiger partial charge in [0.15, 0.2) is 0 Å². The maximum atomic E-state index is 12.1. The lowest BCUT2D eigenvalue weighted by Crippen LogP contribution is -2.49. The maximum absolute atomic E-state index is 12.1. The van der Waals surface area contributed by atoms with E-state index in [4.69, 9.17) is 15.0 Å². The summed E-state index contributed by atoms with van der Waals surface area (Å²) in [6.45, 7) is 11.8. The van der Waals surface area contributed by atoms with Gasteiger partial charge in [-0.15, -0.1) is 0 Å². The van der Waals surface area contributed by atoms with E-state index in [0.717, 1.165) is 11.0 Å². The molecule has 1 saturated heterocycles. The van der Waals surface area contributed by atoms with Crippen molar-refractivity contribution in [1.29, 1.82) is 0 Å². The Morgan fingerprint density at radius 3 is 2.07 bits per heavy atom. The molecule has 2 amide bonds. The van der Waals surface area contributed by atoms with Gasteiger partial charge in [-0.2, -0.15) is 0 Å². The lowest BCUT2D eigenvalue weighted by molar-refractivity contribution is -0.133. The summed E-state index contributed by atoms with van der Waals surface area (Å²) in [6.07, 6.45) is -0.609. The second kappa shape index (κ2) is 8.85. The first-order valence-corrected chi connectivity index (χ1v) is 10.0. The molecule has 0 unspecified atom stereocenters. The number of carbonyl (C=O) groups is 2. The highest BCUT2D eigenvalue weighted by molar-refractivity contribution is 6.62. The molecule has 0 aromatic heterocycles. The zero-order valence-corrected chi connectivity index (χ0v) is 18.2. The Balaban J connectivity index is 2.03. The molecule has 1 aromatic rings. The molecule has 0 aliphatic carbocycles. The molecular formula is C21H33BN2O5. The Morgan fingerprint density at radius 1 is 1.10 bits per heavy atom. The Labute approximate surface area is 173 Å². The molecule has 0 spiro atoms. The molecule has 2 rings (SSSR count). The van der Waals surface area contributed by atoms with Crippen LogP contribution < -0.4 is 16.5 Å². The van der Waals surface area contributed by atoms with Crippen LogP contribution in [0.15, 0.2) is 24.3 Å². The number of hydrogen-bond donors (Lipinski definition) is 3. The van der Waals surface area contributed by atoms with Crippen molar-refractivity contribution in [3.8, 4) is 0 Å². The lowest BCUT2D eigenvalue weighted by Gasteiger charge is -2.32. The fourth-order valence-corrected chi connectivity index (χ4v) is 3.07. The van der Waals surface area contributed by atoms with Crippen molar-refractivity contribution >= 4 is 24.4 Å². The fourth-order valence-electron chi connectivity index (χ4n) is 3.07. The molecule has 160 valence electrons. The largest absolute Gasteiger partial charge is 0.494 e. The second-order valence-corrected chi connectivity index (χ2v) is 9.14. The zero-order chi connectivity index (χ0) is 22.0. The van der Waals surface area contributed by atoms with E-state index in [9.17, 15) is 14.7 Å². The van der Waals surface area contributed by atoms with Gasteiger partial charge >= 0.3 is 7.12 Å². The third kappa shape index (κ3) is 5.81. The Hall–Kier alpha value is -1.90. The summed E-state index contributed by atoms with van der Waals surface area (Å²) in [4.78, 5) is 23.9. The monoisotopic (exact) mass is 404 g/mol. The minimum Gasteiger partial charge on any atom is -0.399 e. The molecule has 1 aromatic carbocycles. The number of nitrogens with one attached hydrogen (secondary N) is 1. The van der Waals surface area contributed by atoms with E-state index < -0.39 is 42.3 Å². The smallest absolute Gasteiger partial charge is 0.399 e. The van der Waals surface area contributed by atoms with Crippen LogP contribution in [0.5, 0.6) is 0 Å². The molecule has 1 aliphatic heterocycles. The molecule has 29 heavy (non-hydrogen) atoms. The van der Waals surface area contributed by atoms with Crippen molar-refractivity contribution in [2.75, 3.05) is 0 Å². The summed E-state index contributed by atoms with van der Waals surface area (Å²) in [6, 6.07) is 6.57. The van der Waals surface area contributed by atoms with E-state index in [2.05, 4.69) is 5.32 Å². The zero-order valence-electron chi connectivity index (χ0n) is 18.2. The van der Waals surface area contributed by atoms with Crippen LogP contribution in [0.1, 0.15) is 53.5 Å². The molecular weight excluding hydrogens is 371 g/mol. The predicted octanol–water partition coefficient (Wildman–Crippen LogP) is 0.905. The molecule has 1 aliphatic rings. The van der Waals surface area contributed by atoms with Crippen LogP contribution in [0.25, 0.3) is 0 Å². The van der Waals surface area contributed by atoms with Crippen LogP contribution in [0, 0.1) is 5.92 Å². The minimum absolute atomic E-state index is 0.158. The van der Waals surface area contributed by atoms with Crippen molar-refractivity contribution in [2.24, 2.45) is 11.7 Å². The number of nitrogens with two attached hydrogens (primary N) is 1. The van der Waals surface area contributed by atoms with Crippen molar-refractivity contribution in [3.05, 3.63) is 29.8 Å². The Bertz CT molecular complexity index is 717. The highest BCUT2D eigenvalue weighted by atomic mass is 16.7. The molecule has 2 atom stereocenters. The van der Waals surface area contributed by atoms with Crippen molar-refractivity contribution < 1.29 is 24.0 Å². The average molecular weight is 404 g/mol. The number of primary amides is 1. The second-order valence-electron chi connectivity index (χ2n) is 9.14. The van der Waals surface area contributed by atoms with E-state index in [1.54, 1.807) is 0 Å². The predicted molar refractivity (Wildman–Crippen MR) is 112 cm³/mol. The van der Waals surface area contributed by atoms with Gasteiger partial charge in [-0.05, 0) is 51.1 Å². The topological polar surface area (TPSA) is 111 Å². The summed E-state index contributed by atoms with van der Waals surface area (Å²) in [5, 5.41) is 12.5. The highest BCUT2D eigenvalue weighted by Gasteiger charge is 2.51. The molecule has 0 saturated carbocycles. The van der Waals surface area contributed by atoms with Crippen molar-refractivity contribution in [3.63, 3.8) is 0 Å². The SMILES string of the molecule is CC(C)C[C@@H](O)C(=O)N[C@@H](Cc1ccc(B2OC(C)(C)C(C)(C)O2)cc1)C(N)=O. The maximum Gasteiger partial charge on any atom is 0.494 e. The molecule has 1 fully saturated rings. The van der Waals surface area contributed by atoms with Crippen molar-refractivity contribution in [1.82, 2.24) is 5.32 Å². The minimum atomic E-state index is -1.16. The summed E-state index contributed by atoms with van der Waals surface area (Å²) in [7, 11) is -0.466. The van der Waals surface area contributed by atoms with E-state index in [1.165, 1.54) is 0 Å². The van der Waals surface area contributed by atoms with E-state index >= 15 is 0 Å². The first-order valence-electron chi connectivity index (χ1n) is 10.0. The number of aliphatic hydroxyl groups is 1. The van der Waals surface area contributed by atoms with Gasteiger partial charge in [0.25, 0.3) is 0 Å². The number of amides is 2. The number of rotatable bonds is 8. The highest BCUT2D eigenvalue weighted by Crippen LogP contribution is 2.36. The van der Waals surface area contributed by atoms with Crippen LogP contribution in [0.3, 0.4) is 0 Å². The van der Waals surface area contributed by atoms with Gasteiger partial charge in [-0.25, -0.2) is 0 Å². The van der Waals surface area contributed by atoms with Crippen molar-refractivity contribution in [2.45, 2.75) is 77.7 Å². The fraction of sp³-hybridized carbons (Fsp3) is 0.619. The normalized spacial score (nSPS) is 19.8. The quantitative estimate of drug-likeness (QED) is 0.558. The van der Waals surface area contributed by atoms with Gasteiger partial charge < -0.3 is 25.5 Å². The van der Waals surface area contributed by atoms with E-state index in [0.29, 0.717) is 6.42 Å². The Morgan fingerprint density at radius 2 is 1.62 bits per heavy atom. The average Bonchev–Trinajstić information content (AvgIpc) is 2.81. The van der Waals surface area contributed by atoms with Crippen LogP contribution in [-0.2, 0) is 25.3 Å². The van der Waals surface area contributed by atoms with Crippen LogP contribution in [0.2, 0.25) is 0 Å². The first kappa shape index (κ1) is 23.4. The van der Waals surface area contributed by atoms with Gasteiger partial charge in [-0.3, -0.25) is 9.59 Å². The number of benzene rings is 1.